The molecule has 1 aromatic heterocycles. The van der Waals surface area contributed by atoms with E-state index in [4.69, 9.17) is 16.3 Å². The lowest BCUT2D eigenvalue weighted by Crippen LogP contribution is -2.39. The molecule has 0 saturated carbocycles. The van der Waals surface area contributed by atoms with Crippen LogP contribution in [0.5, 0.6) is 5.75 Å². The van der Waals surface area contributed by atoms with Crippen molar-refractivity contribution in [3.05, 3.63) is 82.3 Å². The summed E-state index contributed by atoms with van der Waals surface area (Å²) in [5.74, 6) is -2.20. The quantitative estimate of drug-likeness (QED) is 0.188. The predicted molar refractivity (Wildman–Crippen MR) is 141 cm³/mol. The minimum atomic E-state index is -4.70. The average Bonchev–Trinajstić information content (AvgIpc) is 2.91. The molecular formula is C28H25ClF5N3O4. The zero-order valence-corrected chi connectivity index (χ0v) is 22.7. The van der Waals surface area contributed by atoms with Crippen molar-refractivity contribution in [1.29, 1.82) is 0 Å². The van der Waals surface area contributed by atoms with Crippen LogP contribution in [0.25, 0.3) is 0 Å². The molecule has 13 heteroatoms. The molecule has 0 aliphatic rings. The van der Waals surface area contributed by atoms with Crippen molar-refractivity contribution in [3.63, 3.8) is 0 Å². The van der Waals surface area contributed by atoms with E-state index in [1.165, 1.54) is 55.0 Å². The molecule has 0 atom stereocenters. The number of aryl methyl sites for hydroxylation is 1. The number of hydrogen-bond donors (Lipinski definition) is 1. The number of nitrogens with zero attached hydrogens (tertiary/aromatic N) is 2. The maximum Gasteiger partial charge on any atom is 0.400 e. The number of carbonyl (C=O) groups is 3. The van der Waals surface area contributed by atoms with E-state index in [2.05, 4.69) is 15.3 Å². The number of nitrogens with one attached hydrogen (secondary N) is 1. The third-order valence-corrected chi connectivity index (χ3v) is 6.55. The molecule has 7 nitrogen and oxygen atoms in total. The van der Waals surface area contributed by atoms with Gasteiger partial charge in [-0.25, -0.2) is 18.7 Å². The van der Waals surface area contributed by atoms with Gasteiger partial charge in [0.05, 0.1) is 10.6 Å². The van der Waals surface area contributed by atoms with Gasteiger partial charge in [-0.15, -0.1) is 0 Å². The number of benzene rings is 2. The van der Waals surface area contributed by atoms with Crippen molar-refractivity contribution in [2.75, 3.05) is 11.9 Å². The van der Waals surface area contributed by atoms with Crippen LogP contribution in [0.2, 0.25) is 5.02 Å². The molecule has 0 aliphatic heterocycles. The number of Topliss-reactive ketones (excluding diaryl/α,β-unsaturated/α-hetero) is 2. The van der Waals surface area contributed by atoms with Crippen LogP contribution in [0, 0.1) is 5.41 Å². The summed E-state index contributed by atoms with van der Waals surface area (Å²) in [6, 6.07) is 9.76. The summed E-state index contributed by atoms with van der Waals surface area (Å²) < 4.78 is 70.1. The standard InChI is InChI=1S/C28H25ClF5N3O4/c1-27(2,28(32,33)34)23(39)8-5-16-3-6-20(29)18(11-16)21(38)13-17-4-7-22(41-14-24(30)31)19(12-17)26(40)37-25-9-10-35-15-36-25/h3-4,6-7,9-12,15,24H,5,8,13-14H2,1-2H3,(H,35,36,37,40). The molecule has 218 valence electrons. The van der Waals surface area contributed by atoms with Crippen LogP contribution in [0.1, 0.15) is 52.1 Å². The van der Waals surface area contributed by atoms with Gasteiger partial charge in [-0.2, -0.15) is 13.2 Å². The van der Waals surface area contributed by atoms with Gasteiger partial charge in [-0.05, 0) is 61.7 Å². The van der Waals surface area contributed by atoms with Crippen LogP contribution < -0.4 is 10.1 Å². The number of aromatic nitrogens is 2. The molecular weight excluding hydrogens is 573 g/mol. The fraction of sp³-hybridized carbons (Fsp3) is 0.321. The molecule has 0 spiro atoms. The van der Waals surface area contributed by atoms with E-state index < -0.39 is 48.5 Å². The number of amides is 1. The van der Waals surface area contributed by atoms with Crippen molar-refractivity contribution < 1.29 is 41.1 Å². The molecule has 1 N–H and O–H groups in total. The van der Waals surface area contributed by atoms with Crippen molar-refractivity contribution in [2.24, 2.45) is 5.41 Å². The second-order valence-electron chi connectivity index (χ2n) is 9.54. The summed E-state index contributed by atoms with van der Waals surface area (Å²) in [7, 11) is 0. The lowest BCUT2D eigenvalue weighted by Gasteiger charge is -2.26. The third-order valence-electron chi connectivity index (χ3n) is 6.22. The van der Waals surface area contributed by atoms with Crippen molar-refractivity contribution in [3.8, 4) is 5.75 Å². The number of ether oxygens (including phenoxy) is 1. The first-order valence-electron chi connectivity index (χ1n) is 12.2. The number of halogens is 6. The molecule has 0 saturated heterocycles. The van der Waals surface area contributed by atoms with Crippen molar-refractivity contribution in [2.45, 2.75) is 45.7 Å². The van der Waals surface area contributed by atoms with Crippen LogP contribution in [-0.2, 0) is 17.6 Å². The average molecular weight is 598 g/mol. The van der Waals surface area contributed by atoms with Gasteiger partial charge in [0.2, 0.25) is 0 Å². The Morgan fingerprint density at radius 2 is 1.68 bits per heavy atom. The van der Waals surface area contributed by atoms with Crippen molar-refractivity contribution in [1.82, 2.24) is 9.97 Å². The number of alkyl halides is 5. The molecule has 3 rings (SSSR count). The Morgan fingerprint density at radius 1 is 1.00 bits per heavy atom. The first-order valence-corrected chi connectivity index (χ1v) is 12.6. The number of carbonyl (C=O) groups excluding carboxylic acids is 3. The van der Waals surface area contributed by atoms with Crippen LogP contribution >= 0.6 is 11.6 Å². The van der Waals surface area contributed by atoms with Gasteiger partial charge in [0.1, 0.15) is 35.7 Å². The van der Waals surface area contributed by atoms with Crippen LogP contribution in [0.4, 0.5) is 27.8 Å². The van der Waals surface area contributed by atoms with Crippen LogP contribution in [0.3, 0.4) is 0 Å². The highest BCUT2D eigenvalue weighted by molar-refractivity contribution is 6.34. The SMILES string of the molecule is CC(C)(C(=O)CCc1ccc(Cl)c(C(=O)Cc2ccc(OCC(F)F)c(C(=O)Nc3ccncn3)c2)c1)C(F)(F)F. The van der Waals surface area contributed by atoms with Crippen LogP contribution in [0.15, 0.2) is 55.0 Å². The minimum Gasteiger partial charge on any atom is -0.487 e. The molecule has 0 aliphatic carbocycles. The fourth-order valence-electron chi connectivity index (χ4n) is 3.64. The molecule has 1 heterocycles. The zero-order chi connectivity index (χ0) is 30.4. The highest BCUT2D eigenvalue weighted by Gasteiger charge is 2.51. The smallest absolute Gasteiger partial charge is 0.400 e. The molecule has 0 unspecified atom stereocenters. The Hall–Kier alpha value is -3.93. The first-order chi connectivity index (χ1) is 19.2. The second-order valence-corrected chi connectivity index (χ2v) is 9.95. The Balaban J connectivity index is 1.80. The predicted octanol–water partition coefficient (Wildman–Crippen LogP) is 6.54. The summed E-state index contributed by atoms with van der Waals surface area (Å²) in [5.41, 5.74) is -1.81. The highest BCUT2D eigenvalue weighted by atomic mass is 35.5. The van der Waals surface area contributed by atoms with Gasteiger partial charge in [0, 0.05) is 24.6 Å². The summed E-state index contributed by atoms with van der Waals surface area (Å²) >= 11 is 6.22. The van der Waals surface area contributed by atoms with Gasteiger partial charge >= 0.3 is 6.18 Å². The van der Waals surface area contributed by atoms with Gasteiger partial charge in [-0.1, -0.05) is 23.7 Å². The lowest BCUT2D eigenvalue weighted by atomic mass is 9.84. The molecule has 2 aromatic carbocycles. The summed E-state index contributed by atoms with van der Waals surface area (Å²) in [6.45, 7) is 0.674. The molecule has 0 fully saturated rings. The number of hydrogen-bond acceptors (Lipinski definition) is 6. The topological polar surface area (TPSA) is 98.2 Å². The van der Waals surface area contributed by atoms with E-state index in [0.29, 0.717) is 11.1 Å². The fourth-order valence-corrected chi connectivity index (χ4v) is 3.87. The first kappa shape index (κ1) is 31.6. The molecule has 0 bridgehead atoms. The Kier molecular flexibility index (Phi) is 10.1. The summed E-state index contributed by atoms with van der Waals surface area (Å²) in [4.78, 5) is 45.9. The third kappa shape index (κ3) is 8.29. The molecule has 3 aromatic rings. The maximum atomic E-state index is 13.2. The van der Waals surface area contributed by atoms with E-state index >= 15 is 0 Å². The van der Waals surface area contributed by atoms with E-state index in [1.54, 1.807) is 0 Å². The van der Waals surface area contributed by atoms with E-state index in [0.717, 1.165) is 13.8 Å². The molecule has 1 amide bonds. The number of anilines is 1. The van der Waals surface area contributed by atoms with E-state index in [9.17, 15) is 36.3 Å². The Labute approximate surface area is 237 Å². The number of rotatable bonds is 12. The van der Waals surface area contributed by atoms with Gasteiger partial charge in [-0.3, -0.25) is 14.4 Å². The van der Waals surface area contributed by atoms with E-state index in [1.807, 2.05) is 0 Å². The highest BCUT2D eigenvalue weighted by Crippen LogP contribution is 2.39. The van der Waals surface area contributed by atoms with Gasteiger partial charge in [0.25, 0.3) is 12.3 Å². The maximum absolute atomic E-state index is 13.2. The van der Waals surface area contributed by atoms with Gasteiger partial charge < -0.3 is 10.1 Å². The van der Waals surface area contributed by atoms with Gasteiger partial charge in [0.15, 0.2) is 5.78 Å². The zero-order valence-electron chi connectivity index (χ0n) is 21.9. The summed E-state index contributed by atoms with van der Waals surface area (Å²) in [6.07, 6.45) is -5.60. The molecule has 41 heavy (non-hydrogen) atoms. The summed E-state index contributed by atoms with van der Waals surface area (Å²) in [5, 5.41) is 2.58. The number of ketones is 2. The minimum absolute atomic E-state index is 0.0423. The van der Waals surface area contributed by atoms with E-state index in [-0.39, 0.29) is 40.6 Å². The Bertz CT molecular complexity index is 1420. The largest absolute Gasteiger partial charge is 0.487 e. The monoisotopic (exact) mass is 597 g/mol. The lowest BCUT2D eigenvalue weighted by molar-refractivity contribution is -0.210. The normalized spacial score (nSPS) is 11.8. The second kappa shape index (κ2) is 13.2. The Morgan fingerprint density at radius 3 is 2.32 bits per heavy atom. The van der Waals surface area contributed by atoms with Crippen molar-refractivity contribution >= 4 is 34.9 Å². The molecule has 0 radical (unpaired) electrons. The van der Waals surface area contributed by atoms with Crippen LogP contribution in [-0.4, -0.2) is 46.7 Å².